The Morgan fingerprint density at radius 2 is 2.23 bits per heavy atom. The standard InChI is InChI=1S/C10H9IO2/c1-7-3-2-4-9(11)8(7)5-6-10(12)13/h2-6H,1H3,(H,12,13)/b6-5+. The number of carboxylic acids is 1. The molecule has 1 N–H and O–H groups in total. The number of rotatable bonds is 2. The fraction of sp³-hybridized carbons (Fsp3) is 0.100. The van der Waals surface area contributed by atoms with Crippen LogP contribution in [0.5, 0.6) is 0 Å². The molecule has 1 aromatic rings. The van der Waals surface area contributed by atoms with E-state index in [1.54, 1.807) is 6.08 Å². The monoisotopic (exact) mass is 288 g/mol. The lowest BCUT2D eigenvalue weighted by atomic mass is 10.1. The first-order valence-corrected chi connectivity index (χ1v) is 4.85. The molecule has 0 saturated carbocycles. The predicted octanol–water partition coefficient (Wildman–Crippen LogP) is 2.70. The van der Waals surface area contributed by atoms with Gasteiger partial charge in [-0.05, 0) is 52.8 Å². The van der Waals surface area contributed by atoms with E-state index in [9.17, 15) is 4.79 Å². The van der Waals surface area contributed by atoms with Gasteiger partial charge in [0.1, 0.15) is 0 Å². The third-order valence-electron chi connectivity index (χ3n) is 1.66. The molecule has 0 amide bonds. The third-order valence-corrected chi connectivity index (χ3v) is 2.60. The maximum atomic E-state index is 10.3. The Morgan fingerprint density at radius 3 is 2.77 bits per heavy atom. The van der Waals surface area contributed by atoms with Gasteiger partial charge in [-0.15, -0.1) is 0 Å². The maximum Gasteiger partial charge on any atom is 0.328 e. The van der Waals surface area contributed by atoms with E-state index in [1.807, 2.05) is 25.1 Å². The minimum atomic E-state index is -0.918. The summed E-state index contributed by atoms with van der Waals surface area (Å²) in [6.45, 7) is 1.96. The Kier molecular flexibility index (Phi) is 3.48. The van der Waals surface area contributed by atoms with Crippen molar-refractivity contribution < 1.29 is 9.90 Å². The average Bonchev–Trinajstić information content (AvgIpc) is 2.03. The first-order chi connectivity index (χ1) is 6.11. The zero-order chi connectivity index (χ0) is 9.84. The van der Waals surface area contributed by atoms with E-state index in [0.717, 1.165) is 20.8 Å². The number of carboxylic acid groups (broad SMARTS) is 1. The van der Waals surface area contributed by atoms with Crippen LogP contribution in [0.1, 0.15) is 11.1 Å². The molecule has 0 aromatic heterocycles. The van der Waals surface area contributed by atoms with Gasteiger partial charge in [0, 0.05) is 9.65 Å². The molecule has 0 saturated heterocycles. The van der Waals surface area contributed by atoms with Crippen LogP contribution in [0.4, 0.5) is 0 Å². The molecule has 68 valence electrons. The lowest BCUT2D eigenvalue weighted by Crippen LogP contribution is -1.89. The average molecular weight is 288 g/mol. The number of carbonyl (C=O) groups is 1. The highest BCUT2D eigenvalue weighted by Crippen LogP contribution is 2.17. The van der Waals surface area contributed by atoms with Crippen LogP contribution in [-0.2, 0) is 4.79 Å². The van der Waals surface area contributed by atoms with Gasteiger partial charge in [-0.25, -0.2) is 4.79 Å². The van der Waals surface area contributed by atoms with Crippen molar-refractivity contribution in [3.63, 3.8) is 0 Å². The quantitative estimate of drug-likeness (QED) is 0.671. The number of hydrogen-bond acceptors (Lipinski definition) is 1. The van der Waals surface area contributed by atoms with E-state index in [2.05, 4.69) is 22.6 Å². The fourth-order valence-electron chi connectivity index (χ4n) is 1.01. The Bertz CT molecular complexity index is 336. The molecule has 0 aliphatic rings. The van der Waals surface area contributed by atoms with Crippen LogP contribution in [0.2, 0.25) is 0 Å². The van der Waals surface area contributed by atoms with Crippen LogP contribution in [-0.4, -0.2) is 11.1 Å². The molecule has 2 nitrogen and oxygen atoms in total. The zero-order valence-electron chi connectivity index (χ0n) is 7.12. The molecule has 0 unspecified atom stereocenters. The number of benzene rings is 1. The first kappa shape index (κ1) is 10.2. The normalized spacial score (nSPS) is 10.6. The summed E-state index contributed by atoms with van der Waals surface area (Å²) in [6.07, 6.45) is 2.78. The molecule has 13 heavy (non-hydrogen) atoms. The van der Waals surface area contributed by atoms with Crippen molar-refractivity contribution in [3.05, 3.63) is 39.0 Å². The molecular weight excluding hydrogens is 279 g/mol. The largest absolute Gasteiger partial charge is 0.478 e. The van der Waals surface area contributed by atoms with Crippen LogP contribution in [0, 0.1) is 10.5 Å². The SMILES string of the molecule is Cc1cccc(I)c1/C=C/C(=O)O. The zero-order valence-corrected chi connectivity index (χ0v) is 9.28. The van der Waals surface area contributed by atoms with Gasteiger partial charge in [-0.1, -0.05) is 12.1 Å². The van der Waals surface area contributed by atoms with Crippen molar-refractivity contribution in [3.8, 4) is 0 Å². The van der Waals surface area contributed by atoms with Crippen molar-refractivity contribution in [1.29, 1.82) is 0 Å². The molecule has 0 spiro atoms. The summed E-state index contributed by atoms with van der Waals surface area (Å²) in [5, 5.41) is 8.47. The van der Waals surface area contributed by atoms with Crippen LogP contribution in [0.25, 0.3) is 6.08 Å². The van der Waals surface area contributed by atoms with Crippen molar-refractivity contribution in [2.45, 2.75) is 6.92 Å². The lowest BCUT2D eigenvalue weighted by Gasteiger charge is -2.01. The number of halogens is 1. The molecule has 0 fully saturated rings. The molecule has 0 aliphatic carbocycles. The van der Waals surface area contributed by atoms with Gasteiger partial charge in [0.05, 0.1) is 0 Å². The molecule has 1 rings (SSSR count). The number of hydrogen-bond donors (Lipinski definition) is 1. The fourth-order valence-corrected chi connectivity index (χ4v) is 1.82. The smallest absolute Gasteiger partial charge is 0.328 e. The second-order valence-corrected chi connectivity index (χ2v) is 3.80. The number of aliphatic carboxylic acids is 1. The Hall–Kier alpha value is -0.840. The van der Waals surface area contributed by atoms with Gasteiger partial charge in [-0.2, -0.15) is 0 Å². The second-order valence-electron chi connectivity index (χ2n) is 2.64. The Balaban J connectivity index is 3.06. The summed E-state index contributed by atoms with van der Waals surface area (Å²) in [4.78, 5) is 10.3. The third kappa shape index (κ3) is 2.84. The van der Waals surface area contributed by atoms with Crippen LogP contribution in [0.3, 0.4) is 0 Å². The van der Waals surface area contributed by atoms with E-state index in [0.29, 0.717) is 0 Å². The van der Waals surface area contributed by atoms with Crippen molar-refractivity contribution in [1.82, 2.24) is 0 Å². The topological polar surface area (TPSA) is 37.3 Å². The van der Waals surface area contributed by atoms with E-state index in [4.69, 9.17) is 5.11 Å². The second kappa shape index (κ2) is 4.41. The van der Waals surface area contributed by atoms with Crippen molar-refractivity contribution in [2.75, 3.05) is 0 Å². The molecule has 0 radical (unpaired) electrons. The van der Waals surface area contributed by atoms with Gasteiger partial charge < -0.3 is 5.11 Å². The predicted molar refractivity (Wildman–Crippen MR) is 60.6 cm³/mol. The molecule has 1 aromatic carbocycles. The first-order valence-electron chi connectivity index (χ1n) is 3.77. The minimum absolute atomic E-state index is 0.918. The summed E-state index contributed by atoms with van der Waals surface area (Å²) in [5.41, 5.74) is 2.06. The van der Waals surface area contributed by atoms with Gasteiger partial charge in [0.25, 0.3) is 0 Å². The summed E-state index contributed by atoms with van der Waals surface area (Å²) < 4.78 is 1.06. The summed E-state index contributed by atoms with van der Waals surface area (Å²) in [7, 11) is 0. The Morgan fingerprint density at radius 1 is 1.54 bits per heavy atom. The molecule has 3 heteroatoms. The lowest BCUT2D eigenvalue weighted by molar-refractivity contribution is -0.131. The van der Waals surface area contributed by atoms with Gasteiger partial charge in [-0.3, -0.25) is 0 Å². The van der Waals surface area contributed by atoms with E-state index < -0.39 is 5.97 Å². The minimum Gasteiger partial charge on any atom is -0.478 e. The Labute approximate surface area is 90.4 Å². The van der Waals surface area contributed by atoms with Gasteiger partial charge in [0.2, 0.25) is 0 Å². The number of aryl methyl sites for hydroxylation is 1. The van der Waals surface area contributed by atoms with E-state index in [-0.39, 0.29) is 0 Å². The summed E-state index contributed by atoms with van der Waals surface area (Å²) in [6, 6.07) is 5.87. The van der Waals surface area contributed by atoms with Crippen LogP contribution >= 0.6 is 22.6 Å². The van der Waals surface area contributed by atoms with Crippen molar-refractivity contribution in [2.24, 2.45) is 0 Å². The molecule has 0 heterocycles. The van der Waals surface area contributed by atoms with Crippen LogP contribution in [0.15, 0.2) is 24.3 Å². The van der Waals surface area contributed by atoms with Crippen LogP contribution < -0.4 is 0 Å². The maximum absolute atomic E-state index is 10.3. The van der Waals surface area contributed by atoms with Gasteiger partial charge >= 0.3 is 5.97 Å². The highest BCUT2D eigenvalue weighted by Gasteiger charge is 1.98. The molecular formula is C10H9IO2. The summed E-state index contributed by atoms with van der Waals surface area (Å²) in [5.74, 6) is -0.918. The van der Waals surface area contributed by atoms with Gasteiger partial charge in [0.15, 0.2) is 0 Å². The van der Waals surface area contributed by atoms with Crippen molar-refractivity contribution >= 4 is 34.6 Å². The van der Waals surface area contributed by atoms with E-state index >= 15 is 0 Å². The van der Waals surface area contributed by atoms with E-state index in [1.165, 1.54) is 0 Å². The molecule has 0 atom stereocenters. The molecule has 0 aliphatic heterocycles. The summed E-state index contributed by atoms with van der Waals surface area (Å²) >= 11 is 2.19. The highest BCUT2D eigenvalue weighted by molar-refractivity contribution is 14.1. The highest BCUT2D eigenvalue weighted by atomic mass is 127. The molecule has 0 bridgehead atoms.